The van der Waals surface area contributed by atoms with Crippen molar-refractivity contribution in [2.45, 2.75) is 76.9 Å². The lowest BCUT2D eigenvalue weighted by Crippen LogP contribution is -2.50. The minimum Gasteiger partial charge on any atom is -0.494 e. The Bertz CT molecular complexity index is 671. The van der Waals surface area contributed by atoms with Gasteiger partial charge in [-0.1, -0.05) is 105 Å². The highest BCUT2D eigenvalue weighted by atomic mass is 28.3. The van der Waals surface area contributed by atoms with Gasteiger partial charge in [0.25, 0.3) is 0 Å². The Kier molecular flexibility index (Phi) is 8.21. The van der Waals surface area contributed by atoms with E-state index in [0.717, 1.165) is 18.3 Å². The van der Waals surface area contributed by atoms with Crippen molar-refractivity contribution in [2.75, 3.05) is 6.61 Å². The van der Waals surface area contributed by atoms with E-state index in [1.54, 1.807) is 5.19 Å². The van der Waals surface area contributed by atoms with Crippen molar-refractivity contribution in [3.05, 3.63) is 60.2 Å². The summed E-state index contributed by atoms with van der Waals surface area (Å²) in [7, 11) is -1.28. The summed E-state index contributed by atoms with van der Waals surface area (Å²) >= 11 is 0. The van der Waals surface area contributed by atoms with E-state index in [1.165, 1.54) is 68.6 Å². The van der Waals surface area contributed by atoms with Crippen LogP contribution in [0.4, 0.5) is 0 Å². The molecule has 0 unspecified atom stereocenters. The molecule has 0 radical (unpaired) electrons. The monoisotopic (exact) mass is 394 g/mol. The Balaban J connectivity index is 1.54. The van der Waals surface area contributed by atoms with E-state index in [4.69, 9.17) is 4.74 Å². The molecule has 1 aliphatic heterocycles. The maximum absolute atomic E-state index is 5.57. The van der Waals surface area contributed by atoms with E-state index in [9.17, 15) is 0 Å². The van der Waals surface area contributed by atoms with Crippen molar-refractivity contribution in [3.8, 4) is 5.75 Å². The molecule has 0 amide bonds. The summed E-state index contributed by atoms with van der Waals surface area (Å²) in [4.78, 5) is 0. The second kappa shape index (κ2) is 10.9. The number of benzene rings is 2. The Hall–Kier alpha value is -1.54. The predicted molar refractivity (Wildman–Crippen MR) is 124 cm³/mol. The van der Waals surface area contributed by atoms with Crippen LogP contribution in [-0.4, -0.2) is 14.7 Å². The highest BCUT2D eigenvalue weighted by molar-refractivity contribution is 6.92. The van der Waals surface area contributed by atoms with Crippen LogP contribution in [0.25, 0.3) is 0 Å². The van der Waals surface area contributed by atoms with E-state index >= 15 is 0 Å². The van der Waals surface area contributed by atoms with E-state index in [1.807, 2.05) is 6.92 Å². The molecule has 1 aliphatic rings. The molecule has 152 valence electrons. The molecule has 0 aliphatic carbocycles. The molecule has 2 aromatic carbocycles. The minimum atomic E-state index is -1.28. The van der Waals surface area contributed by atoms with Gasteiger partial charge in [-0.15, -0.1) is 0 Å². The largest absolute Gasteiger partial charge is 0.494 e. The van der Waals surface area contributed by atoms with Crippen LogP contribution in [0, 0.1) is 5.92 Å². The minimum absolute atomic E-state index is 0.743. The molecule has 28 heavy (non-hydrogen) atoms. The van der Waals surface area contributed by atoms with Crippen LogP contribution in [0.15, 0.2) is 54.6 Å². The number of hydrogen-bond donors (Lipinski definition) is 0. The van der Waals surface area contributed by atoms with Crippen molar-refractivity contribution in [3.63, 3.8) is 0 Å². The molecule has 0 N–H and O–H groups in total. The maximum Gasteiger partial charge on any atom is 0.119 e. The van der Waals surface area contributed by atoms with Gasteiger partial charge < -0.3 is 4.74 Å². The standard InChI is InChI=1S/C26H38OSi/c1-3-5-9-20-28(26-10-7-6-8-11-26)21-18-24(19-22-28)13-12-23-14-16-25(17-15-23)27-4-2/h6-8,10-11,14-17,24H,3-5,9,12-13,18-22H2,1-2H3. The van der Waals surface area contributed by atoms with Crippen LogP contribution in [-0.2, 0) is 6.42 Å². The summed E-state index contributed by atoms with van der Waals surface area (Å²) in [5, 5.41) is 1.73. The van der Waals surface area contributed by atoms with Gasteiger partial charge in [-0.3, -0.25) is 0 Å². The average molecular weight is 395 g/mol. The molecule has 3 rings (SSSR count). The quantitative estimate of drug-likeness (QED) is 0.312. The smallest absolute Gasteiger partial charge is 0.119 e. The normalized spacial score (nSPS) is 22.1. The summed E-state index contributed by atoms with van der Waals surface area (Å²) in [5.41, 5.74) is 1.46. The van der Waals surface area contributed by atoms with Crippen LogP contribution >= 0.6 is 0 Å². The summed E-state index contributed by atoms with van der Waals surface area (Å²) < 4.78 is 5.57. The zero-order chi connectivity index (χ0) is 19.7. The number of unbranched alkanes of at least 4 members (excludes halogenated alkanes) is 2. The molecule has 2 heteroatoms. The van der Waals surface area contributed by atoms with Crippen LogP contribution < -0.4 is 9.92 Å². The summed E-state index contributed by atoms with van der Waals surface area (Å²) in [5.74, 6) is 1.91. The molecule has 0 saturated carbocycles. The second-order valence-corrected chi connectivity index (χ2v) is 13.3. The molecule has 1 heterocycles. The third-order valence-corrected chi connectivity index (χ3v) is 12.1. The second-order valence-electron chi connectivity index (χ2n) is 8.66. The zero-order valence-electron chi connectivity index (χ0n) is 18.0. The van der Waals surface area contributed by atoms with Gasteiger partial charge in [-0.05, 0) is 43.4 Å². The van der Waals surface area contributed by atoms with Gasteiger partial charge in [-0.25, -0.2) is 0 Å². The van der Waals surface area contributed by atoms with Crippen LogP contribution in [0.3, 0.4) is 0 Å². The fourth-order valence-corrected chi connectivity index (χ4v) is 10.4. The van der Waals surface area contributed by atoms with Gasteiger partial charge in [0, 0.05) is 0 Å². The molecule has 0 spiro atoms. The zero-order valence-corrected chi connectivity index (χ0v) is 19.0. The van der Waals surface area contributed by atoms with Crippen LogP contribution in [0.5, 0.6) is 5.75 Å². The third-order valence-electron chi connectivity index (χ3n) is 6.78. The average Bonchev–Trinajstić information content (AvgIpc) is 2.75. The fraction of sp³-hybridized carbons (Fsp3) is 0.538. The topological polar surface area (TPSA) is 9.23 Å². The molecule has 2 aromatic rings. The van der Waals surface area contributed by atoms with Crippen molar-refractivity contribution in [1.82, 2.24) is 0 Å². The molecular weight excluding hydrogens is 356 g/mol. The number of hydrogen-bond acceptors (Lipinski definition) is 1. The third kappa shape index (κ3) is 5.73. The first-order valence-electron chi connectivity index (χ1n) is 11.5. The van der Waals surface area contributed by atoms with Gasteiger partial charge in [-0.2, -0.15) is 0 Å². The van der Waals surface area contributed by atoms with Gasteiger partial charge in [0.05, 0.1) is 14.7 Å². The molecule has 0 atom stereocenters. The molecule has 0 aromatic heterocycles. The molecule has 1 fully saturated rings. The highest BCUT2D eigenvalue weighted by Gasteiger charge is 2.38. The molecule has 1 nitrogen and oxygen atoms in total. The van der Waals surface area contributed by atoms with Crippen molar-refractivity contribution in [2.24, 2.45) is 5.92 Å². The molecule has 1 saturated heterocycles. The van der Waals surface area contributed by atoms with Crippen molar-refractivity contribution >= 4 is 13.3 Å². The van der Waals surface area contributed by atoms with Crippen molar-refractivity contribution < 1.29 is 4.74 Å². The van der Waals surface area contributed by atoms with Crippen LogP contribution in [0.2, 0.25) is 18.1 Å². The maximum atomic E-state index is 5.57. The Morgan fingerprint density at radius 1 is 0.893 bits per heavy atom. The van der Waals surface area contributed by atoms with Gasteiger partial charge >= 0.3 is 0 Å². The van der Waals surface area contributed by atoms with Gasteiger partial charge in [0.1, 0.15) is 5.75 Å². The summed E-state index contributed by atoms with van der Waals surface area (Å²) in [6.07, 6.45) is 9.64. The number of ether oxygens (including phenoxy) is 1. The highest BCUT2D eigenvalue weighted by Crippen LogP contribution is 2.38. The van der Waals surface area contributed by atoms with Gasteiger partial charge in [0.15, 0.2) is 0 Å². The van der Waals surface area contributed by atoms with E-state index in [0.29, 0.717) is 0 Å². The van der Waals surface area contributed by atoms with Gasteiger partial charge in [0.2, 0.25) is 0 Å². The Morgan fingerprint density at radius 3 is 2.25 bits per heavy atom. The lowest BCUT2D eigenvalue weighted by atomic mass is 9.94. The number of rotatable bonds is 10. The van der Waals surface area contributed by atoms with E-state index < -0.39 is 8.07 Å². The SMILES string of the molecule is CCCCC[Si]1(c2ccccc2)CCC(CCc2ccc(OCC)cc2)CC1. The molecular formula is C26H38OSi. The van der Waals surface area contributed by atoms with Crippen molar-refractivity contribution in [1.29, 1.82) is 0 Å². The first-order valence-corrected chi connectivity index (χ1v) is 14.1. The first-order chi connectivity index (χ1) is 13.8. The summed E-state index contributed by atoms with van der Waals surface area (Å²) in [6, 6.07) is 24.9. The molecule has 0 bridgehead atoms. The lowest BCUT2D eigenvalue weighted by molar-refractivity contribution is 0.340. The lowest BCUT2D eigenvalue weighted by Gasteiger charge is -2.39. The first kappa shape index (κ1) is 21.2. The van der Waals surface area contributed by atoms with E-state index in [-0.39, 0.29) is 0 Å². The fourth-order valence-electron chi connectivity index (χ4n) is 5.00. The number of aryl methyl sites for hydroxylation is 1. The predicted octanol–water partition coefficient (Wildman–Crippen LogP) is 6.97. The Morgan fingerprint density at radius 2 is 1.61 bits per heavy atom. The van der Waals surface area contributed by atoms with Crippen LogP contribution in [0.1, 0.15) is 57.9 Å². The summed E-state index contributed by atoms with van der Waals surface area (Å²) in [6.45, 7) is 5.11. The van der Waals surface area contributed by atoms with E-state index in [2.05, 4.69) is 61.5 Å². The Labute approximate surface area is 173 Å².